The summed E-state index contributed by atoms with van der Waals surface area (Å²) < 4.78 is 5.25. The normalized spacial score (nSPS) is 13.0. The zero-order valence-corrected chi connectivity index (χ0v) is 9.86. The quantitative estimate of drug-likeness (QED) is 0.571. The maximum Gasteiger partial charge on any atom is 1.00 e. The molecule has 0 spiro atoms. The van der Waals surface area contributed by atoms with Gasteiger partial charge in [-0.15, -0.1) is 0 Å². The minimum atomic E-state index is -0.922. The van der Waals surface area contributed by atoms with Crippen molar-refractivity contribution >= 4 is 12.0 Å². The molecule has 2 rings (SSSR count). The number of hydrogen-bond acceptors (Lipinski definition) is 2. The second-order valence-electron chi connectivity index (χ2n) is 2.80. The van der Waals surface area contributed by atoms with Crippen molar-refractivity contribution in [2.75, 3.05) is 6.61 Å². The molecular formula is C10H9NaO3. The van der Waals surface area contributed by atoms with Crippen LogP contribution in [0.15, 0.2) is 29.8 Å². The molecule has 0 saturated carbocycles. The molecule has 1 heterocycles. The third-order valence-electron chi connectivity index (χ3n) is 1.91. The van der Waals surface area contributed by atoms with E-state index in [0.29, 0.717) is 5.57 Å². The summed E-state index contributed by atoms with van der Waals surface area (Å²) in [6, 6.07) is 7.36. The van der Waals surface area contributed by atoms with Crippen molar-refractivity contribution in [1.29, 1.82) is 0 Å². The molecule has 0 atom stereocenters. The van der Waals surface area contributed by atoms with Gasteiger partial charge in [0.25, 0.3) is 0 Å². The molecule has 68 valence electrons. The van der Waals surface area contributed by atoms with Crippen LogP contribution in [0, 0.1) is 0 Å². The summed E-state index contributed by atoms with van der Waals surface area (Å²) in [5.74, 6) is -0.179. The van der Waals surface area contributed by atoms with Gasteiger partial charge in [0.1, 0.15) is 12.4 Å². The van der Waals surface area contributed by atoms with Crippen molar-refractivity contribution in [3.63, 3.8) is 0 Å². The van der Waals surface area contributed by atoms with Crippen molar-refractivity contribution in [3.8, 4) is 5.75 Å². The van der Waals surface area contributed by atoms with E-state index in [9.17, 15) is 4.79 Å². The summed E-state index contributed by atoms with van der Waals surface area (Å²) in [5, 5.41) is 8.72. The Kier molecular flexibility index (Phi) is 3.75. The van der Waals surface area contributed by atoms with Crippen LogP contribution < -0.4 is 34.3 Å². The maximum atomic E-state index is 10.6. The predicted octanol–water partition coefficient (Wildman–Crippen LogP) is -1.34. The van der Waals surface area contributed by atoms with Crippen molar-refractivity contribution < 1.29 is 45.6 Å². The first kappa shape index (κ1) is 11.3. The number of aliphatic carboxylic acids is 1. The first-order valence-electron chi connectivity index (χ1n) is 3.93. The minimum absolute atomic E-state index is 0. The van der Waals surface area contributed by atoms with Crippen molar-refractivity contribution in [1.82, 2.24) is 0 Å². The summed E-state index contributed by atoms with van der Waals surface area (Å²) in [6.45, 7) is 0.145. The van der Waals surface area contributed by atoms with Crippen LogP contribution in [-0.4, -0.2) is 17.7 Å². The SMILES string of the molecule is O=C(O)C1=Cc2ccccc2OC1.[H-].[Na+]. The Labute approximate surface area is 105 Å². The van der Waals surface area contributed by atoms with E-state index in [-0.39, 0.29) is 37.6 Å². The molecule has 4 heteroatoms. The molecule has 1 N–H and O–H groups in total. The molecule has 1 aromatic rings. The van der Waals surface area contributed by atoms with Crippen LogP contribution in [-0.2, 0) is 4.79 Å². The minimum Gasteiger partial charge on any atom is -1.00 e. The number of rotatable bonds is 1. The van der Waals surface area contributed by atoms with Gasteiger partial charge in [0.2, 0.25) is 0 Å². The van der Waals surface area contributed by atoms with Crippen LogP contribution in [0.4, 0.5) is 0 Å². The first-order chi connectivity index (χ1) is 6.27. The van der Waals surface area contributed by atoms with Gasteiger partial charge in [-0.1, -0.05) is 18.2 Å². The fourth-order valence-corrected chi connectivity index (χ4v) is 1.24. The standard InChI is InChI=1S/C10H8O3.Na.H/c11-10(12)8-5-7-3-1-2-4-9(7)13-6-8;;/h1-5H,6H2,(H,11,12);;/q;+1;-1. The number of carboxylic acids is 1. The van der Waals surface area contributed by atoms with E-state index in [4.69, 9.17) is 9.84 Å². The average Bonchev–Trinajstić information content (AvgIpc) is 2.17. The molecule has 0 bridgehead atoms. The Morgan fingerprint density at radius 1 is 1.43 bits per heavy atom. The van der Waals surface area contributed by atoms with E-state index in [1.165, 1.54) is 0 Å². The molecule has 0 unspecified atom stereocenters. The Morgan fingerprint density at radius 3 is 2.86 bits per heavy atom. The Hall–Kier alpha value is -0.770. The number of benzene rings is 1. The number of carboxylic acid groups (broad SMARTS) is 1. The van der Waals surface area contributed by atoms with Crippen LogP contribution in [0.1, 0.15) is 6.99 Å². The molecule has 0 saturated heterocycles. The van der Waals surface area contributed by atoms with Gasteiger partial charge in [-0.05, 0) is 12.1 Å². The third kappa shape index (κ3) is 2.18. The fourth-order valence-electron chi connectivity index (χ4n) is 1.24. The summed E-state index contributed by atoms with van der Waals surface area (Å²) in [4.78, 5) is 10.6. The van der Waals surface area contributed by atoms with Crippen molar-refractivity contribution in [2.45, 2.75) is 0 Å². The predicted molar refractivity (Wildman–Crippen MR) is 48.7 cm³/mol. The molecule has 0 fully saturated rings. The van der Waals surface area contributed by atoms with Gasteiger partial charge in [-0.25, -0.2) is 4.79 Å². The molecule has 14 heavy (non-hydrogen) atoms. The van der Waals surface area contributed by atoms with E-state index >= 15 is 0 Å². The molecule has 3 nitrogen and oxygen atoms in total. The van der Waals surface area contributed by atoms with Gasteiger partial charge < -0.3 is 11.3 Å². The first-order valence-corrected chi connectivity index (χ1v) is 3.93. The van der Waals surface area contributed by atoms with E-state index in [1.807, 2.05) is 24.3 Å². The largest absolute Gasteiger partial charge is 1.00 e. The number of ether oxygens (including phenoxy) is 1. The Balaban J connectivity index is 0.000000980. The van der Waals surface area contributed by atoms with Gasteiger partial charge in [-0.3, -0.25) is 0 Å². The smallest absolute Gasteiger partial charge is 1.00 e. The topological polar surface area (TPSA) is 46.5 Å². The van der Waals surface area contributed by atoms with Crippen molar-refractivity contribution in [2.24, 2.45) is 0 Å². The van der Waals surface area contributed by atoms with E-state index in [0.717, 1.165) is 11.3 Å². The fraction of sp³-hybridized carbons (Fsp3) is 0.100. The van der Waals surface area contributed by atoms with Crippen LogP contribution in [0.3, 0.4) is 0 Å². The summed E-state index contributed by atoms with van der Waals surface area (Å²) in [5.41, 5.74) is 1.12. The van der Waals surface area contributed by atoms with Gasteiger partial charge in [0, 0.05) is 5.56 Å². The molecule has 0 aromatic heterocycles. The molecule has 0 radical (unpaired) electrons. The zero-order chi connectivity index (χ0) is 9.26. The Morgan fingerprint density at radius 2 is 2.14 bits per heavy atom. The van der Waals surface area contributed by atoms with Gasteiger partial charge in [0.05, 0.1) is 5.57 Å². The summed E-state index contributed by atoms with van der Waals surface area (Å²) >= 11 is 0. The van der Waals surface area contributed by atoms with Gasteiger partial charge in [0.15, 0.2) is 0 Å². The molecule has 0 aliphatic carbocycles. The Bertz CT molecular complexity index is 390. The molecular weight excluding hydrogens is 191 g/mol. The van der Waals surface area contributed by atoms with Crippen LogP contribution in [0.2, 0.25) is 0 Å². The molecule has 0 amide bonds. The maximum absolute atomic E-state index is 10.6. The van der Waals surface area contributed by atoms with Gasteiger partial charge >= 0.3 is 35.5 Å². The van der Waals surface area contributed by atoms with E-state index < -0.39 is 5.97 Å². The number of hydrogen-bond donors (Lipinski definition) is 1. The molecule has 1 aliphatic rings. The number of carbonyl (C=O) groups is 1. The van der Waals surface area contributed by atoms with Crippen LogP contribution in [0.5, 0.6) is 5.75 Å². The second-order valence-corrected chi connectivity index (χ2v) is 2.80. The average molecular weight is 200 g/mol. The van der Waals surface area contributed by atoms with Gasteiger partial charge in [-0.2, -0.15) is 0 Å². The van der Waals surface area contributed by atoms with Crippen molar-refractivity contribution in [3.05, 3.63) is 35.4 Å². The monoisotopic (exact) mass is 200 g/mol. The number of para-hydroxylation sites is 1. The van der Waals surface area contributed by atoms with Crippen LogP contribution in [0.25, 0.3) is 6.08 Å². The summed E-state index contributed by atoms with van der Waals surface area (Å²) in [7, 11) is 0. The van der Waals surface area contributed by atoms with Crippen LogP contribution >= 0.6 is 0 Å². The molecule has 1 aromatic carbocycles. The number of fused-ring (bicyclic) bond motifs is 1. The van der Waals surface area contributed by atoms with E-state index in [2.05, 4.69) is 0 Å². The molecule has 1 aliphatic heterocycles. The second kappa shape index (κ2) is 4.64. The third-order valence-corrected chi connectivity index (χ3v) is 1.91. The van der Waals surface area contributed by atoms with E-state index in [1.54, 1.807) is 6.08 Å². The summed E-state index contributed by atoms with van der Waals surface area (Å²) in [6.07, 6.45) is 1.64. The zero-order valence-electron chi connectivity index (χ0n) is 8.86.